The summed E-state index contributed by atoms with van der Waals surface area (Å²) in [6.45, 7) is 2.89. The van der Waals surface area contributed by atoms with Crippen molar-refractivity contribution in [2.75, 3.05) is 250 Å². The molecule has 17 rings (SSSR count). The summed E-state index contributed by atoms with van der Waals surface area (Å²) < 4.78 is 191. The molecule has 13 heterocycles. The third-order valence-electron chi connectivity index (χ3n) is 19.4. The van der Waals surface area contributed by atoms with Gasteiger partial charge >= 0.3 is 19.5 Å². The van der Waals surface area contributed by atoms with Gasteiger partial charge in [-0.15, -0.1) is 0 Å². The molecule has 10 aliphatic heterocycles. The zero-order valence-corrected chi connectivity index (χ0v) is 55.7. The number of aromatic nitrogens is 8. The van der Waals surface area contributed by atoms with E-state index < -0.39 is 46.5 Å². The van der Waals surface area contributed by atoms with Crippen LogP contribution in [0.1, 0.15) is 0 Å². The first-order valence-corrected chi connectivity index (χ1v) is 32.6. The van der Waals surface area contributed by atoms with E-state index in [9.17, 15) is 0 Å². The Labute approximate surface area is 561 Å². The van der Waals surface area contributed by atoms with Crippen LogP contribution in [-0.2, 0) is 57.4 Å². The molecule has 0 saturated carbocycles. The maximum Gasteiger partial charge on any atom is 2.00 e. The van der Waals surface area contributed by atoms with E-state index in [2.05, 4.69) is 0 Å². The Morgan fingerprint density at radius 2 is 0.361 bits per heavy atom. The Morgan fingerprint density at radius 1 is 0.216 bits per heavy atom. The summed E-state index contributed by atoms with van der Waals surface area (Å²) in [5.74, 6) is -11.4. The second-order valence-electron chi connectivity index (χ2n) is 24.6. The molecule has 0 amide bonds. The Balaban J connectivity index is 0.00000738. The molecule has 24 nitrogen and oxygen atoms in total. The fourth-order valence-electron chi connectivity index (χ4n) is 15.0. The number of fused-ring (bicyclic) bond motifs is 20. The van der Waals surface area contributed by atoms with Gasteiger partial charge in [-0.25, -0.2) is 45.1 Å². The van der Waals surface area contributed by atoms with E-state index in [-0.39, 0.29) is 365 Å². The molecule has 0 unspecified atom stereocenters. The molecule has 0 N–H and O–H groups in total. The SMILES string of the molecule is Fc1c(F)c(N2CCOCC2)c2c(c1N1CCOCC1)-c1nc-2nc2[n-]c(nc3nc(nc4[n-]c(n1)c1c(N5CCOCC5)c(F)c(F)c(N5CCOCC5)c41)-c1c-3c(N3CCOCC3)c(F)c(F)c1N1CCOCC1)c1c(N3CCOCC3)c(F)c(F)c(N3CCOCC3)c21.[Zn+2]. The largest absolute Gasteiger partial charge is 2.00 e. The minimum absolute atomic E-state index is 0. The molecule has 8 bridgehead atoms. The Bertz CT molecular complexity index is 3910. The first kappa shape index (κ1) is 64.1. The first-order chi connectivity index (χ1) is 47.0. The van der Waals surface area contributed by atoms with E-state index in [4.69, 9.17) is 77.8 Å². The summed E-state index contributed by atoms with van der Waals surface area (Å²) in [4.78, 5) is 54.7. The second-order valence-corrected chi connectivity index (χ2v) is 24.6. The van der Waals surface area contributed by atoms with Crippen LogP contribution in [0.25, 0.3) is 89.7 Å². The zero-order valence-electron chi connectivity index (χ0n) is 52.8. The molecule has 0 spiro atoms. The van der Waals surface area contributed by atoms with Gasteiger partial charge in [0.2, 0.25) is 0 Å². The molecular weight excluding hydrogens is 1340 g/mol. The van der Waals surface area contributed by atoms with Crippen molar-refractivity contribution in [3.8, 4) is 45.6 Å². The van der Waals surface area contributed by atoms with Gasteiger partial charge in [0, 0.05) is 171 Å². The topological polar surface area (TPSA) is 205 Å². The second kappa shape index (κ2) is 26.2. The molecule has 8 saturated heterocycles. The fourth-order valence-corrected chi connectivity index (χ4v) is 15.0. The monoisotopic (exact) mass is 1400 g/mol. The fraction of sp³-hybridized carbons (Fsp3) is 0.500. The quantitative estimate of drug-likeness (QED) is 0.128. The number of morpholine rings is 8. The molecule has 4 aromatic carbocycles. The molecule has 0 radical (unpaired) electrons. The Kier molecular flexibility index (Phi) is 17.3. The van der Waals surface area contributed by atoms with E-state index in [0.717, 1.165) is 0 Å². The maximum atomic E-state index is 18.1. The minimum atomic E-state index is -1.26. The van der Waals surface area contributed by atoms with E-state index in [1.807, 2.05) is 0 Å². The number of rotatable bonds is 8. The standard InChI is InChI=1S/C64H64F8N16O8.Zn/c65-41-42(66)50(82-3-19-90-20-4-82)34-33(49(41)81-1-17-89-18-2-81)57-73-58(34)78-60-37-38(54(86-11-27-94-28-12-86)46(70)45(69)53(37)85-9-25-93-26-10-85)62(75-60)80-64-40-39(55(87-13-29-95-30-14-87)47(71)48(72)56(40)88-15-31-96-32-16-88)63(76-64)79-61-36-35(59(74-61)77-57)51(83-5-21-91-22-6-83)43(67)44(68)52(36)84-7-23-92-24-8-84;/h1-32H2;/q-2;+2. The third-order valence-corrected chi connectivity index (χ3v) is 19.4. The van der Waals surface area contributed by atoms with E-state index in [1.165, 1.54) is 0 Å². The third kappa shape index (κ3) is 10.7. The van der Waals surface area contributed by atoms with Gasteiger partial charge in [-0.05, 0) is 0 Å². The predicted molar refractivity (Wildman–Crippen MR) is 338 cm³/mol. The van der Waals surface area contributed by atoms with Crippen molar-refractivity contribution in [3.05, 3.63) is 46.5 Å². The van der Waals surface area contributed by atoms with Crippen LogP contribution in [-0.4, -0.2) is 240 Å². The van der Waals surface area contributed by atoms with E-state index in [0.29, 0.717) is 0 Å². The van der Waals surface area contributed by atoms with Crippen LogP contribution in [0.3, 0.4) is 0 Å². The molecule has 97 heavy (non-hydrogen) atoms. The molecule has 33 heteroatoms. The van der Waals surface area contributed by atoms with Crippen molar-refractivity contribution in [3.63, 3.8) is 0 Å². The molecule has 8 fully saturated rings. The van der Waals surface area contributed by atoms with Crippen LogP contribution in [0.15, 0.2) is 0 Å². The van der Waals surface area contributed by atoms with Gasteiger partial charge in [0.15, 0.2) is 46.5 Å². The number of nitrogens with zero attached hydrogens (tertiary/aromatic N) is 16. The van der Waals surface area contributed by atoms with Crippen molar-refractivity contribution in [2.24, 2.45) is 0 Å². The van der Waals surface area contributed by atoms with Crippen molar-refractivity contribution >= 4 is 89.6 Å². The Morgan fingerprint density at radius 3 is 0.526 bits per heavy atom. The van der Waals surface area contributed by atoms with Gasteiger partial charge in [0.1, 0.15) is 0 Å². The number of anilines is 8. The summed E-state index contributed by atoms with van der Waals surface area (Å²) in [6, 6.07) is 0. The van der Waals surface area contributed by atoms with Crippen LogP contribution in [0.5, 0.6) is 0 Å². The number of hydrogen-bond donors (Lipinski definition) is 0. The van der Waals surface area contributed by atoms with Crippen molar-refractivity contribution in [1.82, 2.24) is 39.9 Å². The number of benzene rings is 4. The molecular formula is C64H64F8N16O8Zn. The Hall–Kier alpha value is -7.62. The predicted octanol–water partition coefficient (Wildman–Crippen LogP) is 5.93. The molecule has 7 aromatic rings. The molecule has 0 aliphatic carbocycles. The number of ether oxygens (including phenoxy) is 8. The molecule has 3 aromatic heterocycles. The summed E-state index contributed by atoms with van der Waals surface area (Å²) in [5.41, 5.74) is -3.76. The molecule has 0 atom stereocenters. The summed E-state index contributed by atoms with van der Waals surface area (Å²) in [6.07, 6.45) is 0. The van der Waals surface area contributed by atoms with Gasteiger partial charge in [-0.1, -0.05) is 0 Å². The van der Waals surface area contributed by atoms with Crippen LogP contribution < -0.4 is 49.2 Å². The van der Waals surface area contributed by atoms with Gasteiger partial charge in [0.25, 0.3) is 0 Å². The average Bonchev–Trinajstić information content (AvgIpc) is 1.57. The van der Waals surface area contributed by atoms with Crippen LogP contribution in [0.4, 0.5) is 80.6 Å². The summed E-state index contributed by atoms with van der Waals surface area (Å²) in [5, 5.41) is -0.294. The zero-order chi connectivity index (χ0) is 65.0. The van der Waals surface area contributed by atoms with Crippen LogP contribution >= 0.6 is 0 Å². The normalized spacial score (nSPS) is 19.7. The van der Waals surface area contributed by atoms with Crippen LogP contribution in [0.2, 0.25) is 0 Å². The van der Waals surface area contributed by atoms with Gasteiger partial charge < -0.3 is 107 Å². The van der Waals surface area contributed by atoms with Gasteiger partial charge in [-0.2, -0.15) is 0 Å². The van der Waals surface area contributed by atoms with Crippen LogP contribution in [0, 0.1) is 46.5 Å². The maximum absolute atomic E-state index is 18.1. The van der Waals surface area contributed by atoms with Crippen molar-refractivity contribution in [1.29, 1.82) is 0 Å². The summed E-state index contributed by atoms with van der Waals surface area (Å²) >= 11 is 0. The average molecular weight is 1400 g/mol. The van der Waals surface area contributed by atoms with Crippen molar-refractivity contribution in [2.45, 2.75) is 0 Å². The number of hydrogen-bond acceptors (Lipinski definition) is 22. The smallest absolute Gasteiger partial charge is 0.378 e. The molecule has 10 aliphatic rings. The van der Waals surface area contributed by atoms with E-state index >= 15 is 35.1 Å². The van der Waals surface area contributed by atoms with Crippen molar-refractivity contribution < 1.29 is 92.5 Å². The summed E-state index contributed by atoms with van der Waals surface area (Å²) in [7, 11) is 0. The van der Waals surface area contributed by atoms with Gasteiger partial charge in [0.05, 0.1) is 175 Å². The minimum Gasteiger partial charge on any atom is -0.378 e. The first-order valence-electron chi connectivity index (χ1n) is 32.6. The number of halogens is 8. The van der Waals surface area contributed by atoms with Gasteiger partial charge in [-0.3, -0.25) is 0 Å². The molecule has 506 valence electrons. The van der Waals surface area contributed by atoms with E-state index in [1.54, 1.807) is 39.2 Å².